The van der Waals surface area contributed by atoms with E-state index in [9.17, 15) is 0 Å². The molecule has 96 valence electrons. The summed E-state index contributed by atoms with van der Waals surface area (Å²) >= 11 is 11.9. The van der Waals surface area contributed by atoms with Crippen LogP contribution in [0.4, 0.5) is 0 Å². The average molecular weight is 285 g/mol. The summed E-state index contributed by atoms with van der Waals surface area (Å²) in [4.78, 5) is 4.18. The topological polar surface area (TPSA) is 38.1 Å². The van der Waals surface area contributed by atoms with Crippen molar-refractivity contribution < 1.29 is 4.42 Å². The van der Waals surface area contributed by atoms with Crippen LogP contribution in [0, 0.1) is 6.92 Å². The fraction of sp³-hybridized carbons (Fsp3) is 0.308. The van der Waals surface area contributed by atoms with Gasteiger partial charge in [-0.3, -0.25) is 0 Å². The van der Waals surface area contributed by atoms with Crippen molar-refractivity contribution in [1.82, 2.24) is 10.3 Å². The lowest BCUT2D eigenvalue weighted by Crippen LogP contribution is -2.18. The zero-order valence-electron chi connectivity index (χ0n) is 10.2. The van der Waals surface area contributed by atoms with E-state index in [1.807, 2.05) is 26.0 Å². The number of benzene rings is 1. The summed E-state index contributed by atoms with van der Waals surface area (Å²) in [6, 6.07) is 5.52. The summed E-state index contributed by atoms with van der Waals surface area (Å²) in [7, 11) is 0. The smallest absolute Gasteiger partial charge is 0.211 e. The molecule has 2 aromatic rings. The van der Waals surface area contributed by atoms with Gasteiger partial charge in [0, 0.05) is 16.6 Å². The maximum Gasteiger partial charge on any atom is 0.211 e. The van der Waals surface area contributed by atoms with Gasteiger partial charge in [-0.2, -0.15) is 0 Å². The van der Waals surface area contributed by atoms with E-state index in [0.717, 1.165) is 11.3 Å². The molecule has 1 heterocycles. The molecule has 5 heteroatoms. The molecule has 1 aromatic carbocycles. The van der Waals surface area contributed by atoms with E-state index < -0.39 is 0 Å². The first-order valence-corrected chi connectivity index (χ1v) is 6.41. The number of rotatable bonds is 4. The van der Waals surface area contributed by atoms with Crippen LogP contribution in [-0.2, 0) is 6.54 Å². The highest BCUT2D eigenvalue weighted by Crippen LogP contribution is 2.20. The highest BCUT2D eigenvalue weighted by molar-refractivity contribution is 6.34. The Labute approximate surface area is 116 Å². The molecule has 0 aliphatic carbocycles. The normalized spacial score (nSPS) is 12.7. The third-order valence-corrected chi connectivity index (χ3v) is 2.98. The number of hydrogen-bond acceptors (Lipinski definition) is 3. The van der Waals surface area contributed by atoms with E-state index in [1.54, 1.807) is 12.3 Å². The van der Waals surface area contributed by atoms with Crippen LogP contribution < -0.4 is 5.32 Å². The van der Waals surface area contributed by atoms with Crippen molar-refractivity contribution in [2.24, 2.45) is 0 Å². The Morgan fingerprint density at radius 1 is 1.28 bits per heavy atom. The molecule has 0 saturated carbocycles. The van der Waals surface area contributed by atoms with Gasteiger partial charge in [-0.05, 0) is 37.6 Å². The zero-order valence-corrected chi connectivity index (χ0v) is 11.7. The second kappa shape index (κ2) is 5.74. The number of nitrogens with one attached hydrogen (secondary N) is 1. The maximum atomic E-state index is 5.94. The van der Waals surface area contributed by atoms with E-state index in [1.165, 1.54) is 0 Å². The summed E-state index contributed by atoms with van der Waals surface area (Å²) in [6.45, 7) is 4.53. The Morgan fingerprint density at radius 3 is 2.50 bits per heavy atom. The van der Waals surface area contributed by atoms with Gasteiger partial charge in [-0.15, -0.1) is 0 Å². The number of aromatic nitrogens is 1. The molecule has 2 rings (SSSR count). The molecule has 0 aliphatic heterocycles. The van der Waals surface area contributed by atoms with Crippen molar-refractivity contribution >= 4 is 23.2 Å². The maximum absolute atomic E-state index is 5.94. The predicted octanol–water partition coefficient (Wildman–Crippen LogP) is 4.14. The number of aryl methyl sites for hydroxylation is 1. The van der Waals surface area contributed by atoms with Crippen LogP contribution in [0.15, 0.2) is 28.8 Å². The summed E-state index contributed by atoms with van der Waals surface area (Å²) < 4.78 is 5.46. The van der Waals surface area contributed by atoms with Gasteiger partial charge in [-0.25, -0.2) is 4.98 Å². The van der Waals surface area contributed by atoms with E-state index in [0.29, 0.717) is 22.5 Å². The molecule has 3 nitrogen and oxygen atoms in total. The minimum absolute atomic E-state index is 0.0384. The molecule has 0 aliphatic rings. The third kappa shape index (κ3) is 3.48. The lowest BCUT2D eigenvalue weighted by atomic mass is 10.2. The quantitative estimate of drug-likeness (QED) is 0.917. The Bertz CT molecular complexity index is 519. The SMILES string of the molecule is Cc1cnc(C(C)NCc2cc(Cl)cc(Cl)c2)o1. The van der Waals surface area contributed by atoms with Gasteiger partial charge in [-0.1, -0.05) is 23.2 Å². The molecular formula is C13H14Cl2N2O. The molecular weight excluding hydrogens is 271 g/mol. The summed E-state index contributed by atoms with van der Waals surface area (Å²) in [6.07, 6.45) is 1.71. The molecule has 0 saturated heterocycles. The third-order valence-electron chi connectivity index (χ3n) is 2.54. The molecule has 0 bridgehead atoms. The molecule has 0 amide bonds. The van der Waals surface area contributed by atoms with Crippen molar-refractivity contribution in [2.75, 3.05) is 0 Å². The predicted molar refractivity (Wildman–Crippen MR) is 73.0 cm³/mol. The lowest BCUT2D eigenvalue weighted by Gasteiger charge is -2.10. The fourth-order valence-electron chi connectivity index (χ4n) is 1.64. The van der Waals surface area contributed by atoms with Gasteiger partial charge in [0.2, 0.25) is 5.89 Å². The van der Waals surface area contributed by atoms with Crippen LogP contribution in [0.5, 0.6) is 0 Å². The van der Waals surface area contributed by atoms with Crippen molar-refractivity contribution in [3.8, 4) is 0 Å². The molecule has 1 aromatic heterocycles. The van der Waals surface area contributed by atoms with Crippen LogP contribution in [0.1, 0.15) is 30.2 Å². The average Bonchev–Trinajstić information content (AvgIpc) is 2.71. The minimum Gasteiger partial charge on any atom is -0.444 e. The number of nitrogens with zero attached hydrogens (tertiary/aromatic N) is 1. The van der Waals surface area contributed by atoms with Crippen molar-refractivity contribution in [2.45, 2.75) is 26.4 Å². The van der Waals surface area contributed by atoms with E-state index in [4.69, 9.17) is 27.6 Å². The lowest BCUT2D eigenvalue weighted by molar-refractivity contribution is 0.402. The van der Waals surface area contributed by atoms with Crippen LogP contribution in [-0.4, -0.2) is 4.98 Å². The number of oxazole rings is 1. The monoisotopic (exact) mass is 284 g/mol. The highest BCUT2D eigenvalue weighted by Gasteiger charge is 2.10. The van der Waals surface area contributed by atoms with Crippen LogP contribution >= 0.6 is 23.2 Å². The molecule has 0 fully saturated rings. The van der Waals surface area contributed by atoms with Gasteiger partial charge in [0.15, 0.2) is 0 Å². The molecule has 1 unspecified atom stereocenters. The van der Waals surface area contributed by atoms with Crippen LogP contribution in [0.2, 0.25) is 10.0 Å². The molecule has 0 radical (unpaired) electrons. The van der Waals surface area contributed by atoms with Gasteiger partial charge in [0.25, 0.3) is 0 Å². The van der Waals surface area contributed by atoms with E-state index >= 15 is 0 Å². The summed E-state index contributed by atoms with van der Waals surface area (Å²) in [5.74, 6) is 1.49. The first-order valence-electron chi connectivity index (χ1n) is 5.65. The van der Waals surface area contributed by atoms with Crippen molar-refractivity contribution in [1.29, 1.82) is 0 Å². The highest BCUT2D eigenvalue weighted by atomic mass is 35.5. The second-order valence-electron chi connectivity index (χ2n) is 4.19. The van der Waals surface area contributed by atoms with Crippen LogP contribution in [0.25, 0.3) is 0 Å². The Hall–Kier alpha value is -1.03. The fourth-order valence-corrected chi connectivity index (χ4v) is 2.21. The summed E-state index contributed by atoms with van der Waals surface area (Å²) in [5, 5.41) is 4.59. The van der Waals surface area contributed by atoms with Gasteiger partial charge < -0.3 is 9.73 Å². The molecule has 1 atom stereocenters. The largest absolute Gasteiger partial charge is 0.444 e. The zero-order chi connectivity index (χ0) is 13.1. The molecule has 1 N–H and O–H groups in total. The standard InChI is InChI=1S/C13H14Cl2N2O/c1-8-6-17-13(18-8)9(2)16-7-10-3-11(14)5-12(15)4-10/h3-6,9,16H,7H2,1-2H3. The van der Waals surface area contributed by atoms with Gasteiger partial charge >= 0.3 is 0 Å². The molecule has 18 heavy (non-hydrogen) atoms. The summed E-state index contributed by atoms with van der Waals surface area (Å²) in [5.41, 5.74) is 1.03. The Morgan fingerprint density at radius 2 is 1.94 bits per heavy atom. The first-order chi connectivity index (χ1) is 8.54. The molecule has 0 spiro atoms. The van der Waals surface area contributed by atoms with E-state index in [2.05, 4.69) is 10.3 Å². The Balaban J connectivity index is 1.99. The second-order valence-corrected chi connectivity index (χ2v) is 5.06. The minimum atomic E-state index is 0.0384. The van der Waals surface area contributed by atoms with Crippen LogP contribution in [0.3, 0.4) is 0 Å². The van der Waals surface area contributed by atoms with Crippen molar-refractivity contribution in [3.63, 3.8) is 0 Å². The van der Waals surface area contributed by atoms with E-state index in [-0.39, 0.29) is 6.04 Å². The number of hydrogen-bond donors (Lipinski definition) is 1. The Kier molecular flexibility index (Phi) is 4.27. The first kappa shape index (κ1) is 13.4. The van der Waals surface area contributed by atoms with Gasteiger partial charge in [0.1, 0.15) is 5.76 Å². The van der Waals surface area contributed by atoms with Crippen molar-refractivity contribution in [3.05, 3.63) is 51.7 Å². The van der Waals surface area contributed by atoms with Gasteiger partial charge in [0.05, 0.1) is 12.2 Å². The number of halogens is 2.